The number of methoxy groups -OCH3 is 3. The number of carbonyl (C=O) groups excluding carboxylic acids is 2. The first-order valence-corrected chi connectivity index (χ1v) is 6.72. The molecule has 0 atom stereocenters. The van der Waals surface area contributed by atoms with Crippen LogP contribution in [0.5, 0.6) is 17.2 Å². The van der Waals surface area contributed by atoms with Crippen LogP contribution in [0.2, 0.25) is 0 Å². The Morgan fingerprint density at radius 2 is 1.48 bits per heavy atom. The highest BCUT2D eigenvalue weighted by Crippen LogP contribution is 2.28. The molecule has 0 aromatic heterocycles. The van der Waals surface area contributed by atoms with Gasteiger partial charge in [-0.05, 0) is 30.3 Å². The molecule has 0 heterocycles. The Hall–Kier alpha value is -3.02. The first-order chi connectivity index (χ1) is 11.1. The first-order valence-electron chi connectivity index (χ1n) is 6.72. The summed E-state index contributed by atoms with van der Waals surface area (Å²) in [4.78, 5) is 24.0. The fourth-order valence-electron chi connectivity index (χ4n) is 1.96. The standard InChI is InChI=1S/C17H16O6/c1-20-14-9-8-11(10-15(14)21-2)16(18)23-13-7-5-4-6-12(13)17(19)22-3/h4-10H,1-3H3. The molecule has 120 valence electrons. The number of rotatable bonds is 5. The number of esters is 2. The van der Waals surface area contributed by atoms with Gasteiger partial charge in [-0.3, -0.25) is 0 Å². The van der Waals surface area contributed by atoms with Gasteiger partial charge in [0.05, 0.1) is 26.9 Å². The van der Waals surface area contributed by atoms with E-state index in [9.17, 15) is 9.59 Å². The maximum absolute atomic E-state index is 12.3. The maximum atomic E-state index is 12.3. The van der Waals surface area contributed by atoms with Crippen LogP contribution in [0, 0.1) is 0 Å². The summed E-state index contributed by atoms with van der Waals surface area (Å²) < 4.78 is 20.2. The molecule has 2 aromatic carbocycles. The van der Waals surface area contributed by atoms with Crippen LogP contribution >= 0.6 is 0 Å². The van der Waals surface area contributed by atoms with Crippen molar-refractivity contribution in [3.63, 3.8) is 0 Å². The minimum Gasteiger partial charge on any atom is -0.493 e. The zero-order valence-electron chi connectivity index (χ0n) is 13.0. The zero-order chi connectivity index (χ0) is 16.8. The Labute approximate surface area is 133 Å². The maximum Gasteiger partial charge on any atom is 0.343 e. The lowest BCUT2D eigenvalue weighted by Crippen LogP contribution is -2.12. The third kappa shape index (κ3) is 3.60. The summed E-state index contributed by atoms with van der Waals surface area (Å²) in [5.41, 5.74) is 0.436. The van der Waals surface area contributed by atoms with Crippen LogP contribution in [0.3, 0.4) is 0 Å². The zero-order valence-corrected chi connectivity index (χ0v) is 13.0. The lowest BCUT2D eigenvalue weighted by Gasteiger charge is -2.11. The number of para-hydroxylation sites is 1. The molecule has 0 radical (unpaired) electrons. The molecule has 0 saturated heterocycles. The van der Waals surface area contributed by atoms with Gasteiger partial charge in [-0.2, -0.15) is 0 Å². The van der Waals surface area contributed by atoms with E-state index in [-0.39, 0.29) is 16.9 Å². The number of hydrogen-bond acceptors (Lipinski definition) is 6. The van der Waals surface area contributed by atoms with Crippen molar-refractivity contribution in [3.05, 3.63) is 53.6 Å². The summed E-state index contributed by atoms with van der Waals surface area (Å²) in [6, 6.07) is 11.0. The summed E-state index contributed by atoms with van der Waals surface area (Å²) >= 11 is 0. The van der Waals surface area contributed by atoms with Gasteiger partial charge in [0, 0.05) is 0 Å². The topological polar surface area (TPSA) is 71.1 Å². The van der Waals surface area contributed by atoms with Gasteiger partial charge in [-0.25, -0.2) is 9.59 Å². The van der Waals surface area contributed by atoms with E-state index in [1.54, 1.807) is 24.3 Å². The van der Waals surface area contributed by atoms with Gasteiger partial charge in [0.15, 0.2) is 11.5 Å². The Kier molecular flexibility index (Phi) is 5.19. The second-order valence-electron chi connectivity index (χ2n) is 4.45. The lowest BCUT2D eigenvalue weighted by molar-refractivity contribution is 0.0593. The molecule has 0 aliphatic rings. The van der Waals surface area contributed by atoms with Crippen molar-refractivity contribution in [2.45, 2.75) is 0 Å². The van der Waals surface area contributed by atoms with Gasteiger partial charge in [-0.15, -0.1) is 0 Å². The summed E-state index contributed by atoms with van der Waals surface area (Å²) in [5.74, 6) is -0.177. The first kappa shape index (κ1) is 16.4. The van der Waals surface area contributed by atoms with Gasteiger partial charge in [-0.1, -0.05) is 12.1 Å². The predicted molar refractivity (Wildman–Crippen MR) is 82.3 cm³/mol. The fourth-order valence-corrected chi connectivity index (χ4v) is 1.96. The molecule has 23 heavy (non-hydrogen) atoms. The van der Waals surface area contributed by atoms with Crippen LogP contribution in [-0.2, 0) is 4.74 Å². The van der Waals surface area contributed by atoms with Crippen molar-refractivity contribution in [1.29, 1.82) is 0 Å². The van der Waals surface area contributed by atoms with Gasteiger partial charge >= 0.3 is 11.9 Å². The van der Waals surface area contributed by atoms with E-state index >= 15 is 0 Å². The van der Waals surface area contributed by atoms with Crippen LogP contribution in [0.25, 0.3) is 0 Å². The smallest absolute Gasteiger partial charge is 0.343 e. The van der Waals surface area contributed by atoms with E-state index in [2.05, 4.69) is 4.74 Å². The summed E-state index contributed by atoms with van der Waals surface area (Å²) in [6.07, 6.45) is 0. The highest BCUT2D eigenvalue weighted by molar-refractivity contribution is 5.96. The summed E-state index contributed by atoms with van der Waals surface area (Å²) in [6.45, 7) is 0. The molecular formula is C17H16O6. The molecule has 0 bridgehead atoms. The minimum atomic E-state index is -0.623. The minimum absolute atomic E-state index is 0.124. The molecule has 2 rings (SSSR count). The van der Waals surface area contributed by atoms with E-state index in [0.717, 1.165) is 0 Å². The van der Waals surface area contributed by atoms with Crippen molar-refractivity contribution >= 4 is 11.9 Å². The number of ether oxygens (including phenoxy) is 4. The second-order valence-corrected chi connectivity index (χ2v) is 4.45. The molecule has 0 aliphatic heterocycles. The molecule has 2 aromatic rings. The molecule has 0 fully saturated rings. The van der Waals surface area contributed by atoms with Crippen molar-refractivity contribution < 1.29 is 28.5 Å². The molecular weight excluding hydrogens is 300 g/mol. The third-order valence-electron chi connectivity index (χ3n) is 3.11. The molecule has 0 N–H and O–H groups in total. The van der Waals surface area contributed by atoms with Gasteiger partial charge < -0.3 is 18.9 Å². The molecule has 0 aliphatic carbocycles. The fraction of sp³-hybridized carbons (Fsp3) is 0.176. The number of carbonyl (C=O) groups is 2. The summed E-state index contributed by atoms with van der Waals surface area (Å²) in [7, 11) is 4.23. The molecule has 0 amide bonds. The van der Waals surface area contributed by atoms with Crippen molar-refractivity contribution in [1.82, 2.24) is 0 Å². The molecule has 0 unspecified atom stereocenters. The molecule has 0 spiro atoms. The van der Waals surface area contributed by atoms with Crippen molar-refractivity contribution in [3.8, 4) is 17.2 Å². The molecule has 0 saturated carbocycles. The van der Waals surface area contributed by atoms with Crippen molar-refractivity contribution in [2.75, 3.05) is 21.3 Å². The Morgan fingerprint density at radius 1 is 0.783 bits per heavy atom. The van der Waals surface area contributed by atoms with Crippen LogP contribution in [0.15, 0.2) is 42.5 Å². The number of benzene rings is 2. The van der Waals surface area contributed by atoms with E-state index in [1.807, 2.05) is 0 Å². The van der Waals surface area contributed by atoms with E-state index < -0.39 is 11.9 Å². The van der Waals surface area contributed by atoms with Crippen LogP contribution in [0.1, 0.15) is 20.7 Å². The second kappa shape index (κ2) is 7.31. The predicted octanol–water partition coefficient (Wildman–Crippen LogP) is 2.71. The van der Waals surface area contributed by atoms with E-state index in [1.165, 1.54) is 39.5 Å². The lowest BCUT2D eigenvalue weighted by atomic mass is 10.2. The van der Waals surface area contributed by atoms with E-state index in [4.69, 9.17) is 14.2 Å². The third-order valence-corrected chi connectivity index (χ3v) is 3.11. The van der Waals surface area contributed by atoms with Crippen molar-refractivity contribution in [2.24, 2.45) is 0 Å². The highest BCUT2D eigenvalue weighted by atomic mass is 16.5. The average molecular weight is 316 g/mol. The van der Waals surface area contributed by atoms with Gasteiger partial charge in [0.25, 0.3) is 0 Å². The van der Waals surface area contributed by atoms with Gasteiger partial charge in [0.2, 0.25) is 0 Å². The Morgan fingerprint density at radius 3 is 2.13 bits per heavy atom. The molecule has 6 nitrogen and oxygen atoms in total. The quantitative estimate of drug-likeness (QED) is 0.624. The number of hydrogen-bond donors (Lipinski definition) is 0. The van der Waals surface area contributed by atoms with E-state index in [0.29, 0.717) is 11.5 Å². The van der Waals surface area contributed by atoms with Crippen LogP contribution in [-0.4, -0.2) is 33.3 Å². The van der Waals surface area contributed by atoms with Gasteiger partial charge in [0.1, 0.15) is 11.3 Å². The largest absolute Gasteiger partial charge is 0.493 e. The Bertz CT molecular complexity index is 723. The monoisotopic (exact) mass is 316 g/mol. The summed E-state index contributed by atoms with van der Waals surface area (Å²) in [5, 5.41) is 0. The van der Waals surface area contributed by atoms with Crippen LogP contribution in [0.4, 0.5) is 0 Å². The Balaban J connectivity index is 2.28. The molecule has 6 heteroatoms. The SMILES string of the molecule is COC(=O)c1ccccc1OC(=O)c1ccc(OC)c(OC)c1. The highest BCUT2D eigenvalue weighted by Gasteiger charge is 2.17. The average Bonchev–Trinajstić information content (AvgIpc) is 2.60. The normalized spacial score (nSPS) is 9.87. The van der Waals surface area contributed by atoms with Crippen LogP contribution < -0.4 is 14.2 Å².